The highest BCUT2D eigenvalue weighted by Gasteiger charge is 2.39. The van der Waals surface area contributed by atoms with Crippen LogP contribution in [0.25, 0.3) is 0 Å². The minimum Gasteiger partial charge on any atom is -0.299 e. The molecule has 88 valence electrons. The van der Waals surface area contributed by atoms with E-state index in [1.807, 2.05) is 0 Å². The largest absolute Gasteiger partial charge is 0.299 e. The normalized spacial score (nSPS) is 36.2. The average molecular weight is 274 g/mol. The van der Waals surface area contributed by atoms with Crippen molar-refractivity contribution in [3.8, 4) is 0 Å². The maximum absolute atomic E-state index is 3.82. The monoisotopic (exact) mass is 273 g/mol. The molecule has 0 aromatic carbocycles. The summed E-state index contributed by atoms with van der Waals surface area (Å²) in [5.41, 5.74) is 0.693. The van der Waals surface area contributed by atoms with Gasteiger partial charge in [0.1, 0.15) is 0 Å². The number of hydrogen-bond acceptors (Lipinski definition) is 1. The molecule has 2 rings (SSSR count). The minimum atomic E-state index is 0.693. The highest BCUT2D eigenvalue weighted by molar-refractivity contribution is 9.09. The fourth-order valence-electron chi connectivity index (χ4n) is 3.12. The van der Waals surface area contributed by atoms with E-state index in [0.29, 0.717) is 5.41 Å². The number of nitrogens with zero attached hydrogens (tertiary/aromatic N) is 1. The molecule has 1 nitrogen and oxygen atoms in total. The topological polar surface area (TPSA) is 3.24 Å². The Kier molecular flexibility index (Phi) is 3.77. The van der Waals surface area contributed by atoms with E-state index in [4.69, 9.17) is 0 Å². The lowest BCUT2D eigenvalue weighted by molar-refractivity contribution is 0.0334. The smallest absolute Gasteiger partial charge is 0.0299 e. The van der Waals surface area contributed by atoms with Crippen LogP contribution in [0.3, 0.4) is 0 Å². The lowest BCUT2D eigenvalue weighted by atomic mass is 9.66. The molecule has 2 aliphatic rings. The molecule has 0 amide bonds. The number of likely N-dealkylation sites (tertiary alicyclic amines) is 1. The van der Waals surface area contributed by atoms with Crippen molar-refractivity contribution in [2.24, 2.45) is 5.41 Å². The van der Waals surface area contributed by atoms with Crippen LogP contribution in [0.1, 0.15) is 52.4 Å². The van der Waals surface area contributed by atoms with Gasteiger partial charge in [0.05, 0.1) is 0 Å². The minimum absolute atomic E-state index is 0.693. The second-order valence-electron chi connectivity index (χ2n) is 5.58. The van der Waals surface area contributed by atoms with Crippen molar-refractivity contribution in [2.75, 3.05) is 13.1 Å². The molecule has 1 saturated carbocycles. The van der Waals surface area contributed by atoms with Gasteiger partial charge in [0.2, 0.25) is 0 Å². The van der Waals surface area contributed by atoms with E-state index in [-0.39, 0.29) is 0 Å². The predicted molar refractivity (Wildman–Crippen MR) is 69.6 cm³/mol. The van der Waals surface area contributed by atoms with Gasteiger partial charge in [-0.05, 0) is 51.0 Å². The molecular weight excluding hydrogens is 250 g/mol. The maximum Gasteiger partial charge on any atom is 0.0299 e. The summed E-state index contributed by atoms with van der Waals surface area (Å²) in [5, 5.41) is 0. The van der Waals surface area contributed by atoms with Crippen molar-refractivity contribution in [3.63, 3.8) is 0 Å². The maximum atomic E-state index is 3.82. The van der Waals surface area contributed by atoms with Gasteiger partial charge in [0, 0.05) is 17.4 Å². The molecule has 2 atom stereocenters. The number of piperidine rings is 1. The fourth-order valence-corrected chi connectivity index (χ4v) is 3.78. The Balaban J connectivity index is 1.92. The summed E-state index contributed by atoms with van der Waals surface area (Å²) in [7, 11) is 0. The fraction of sp³-hybridized carbons (Fsp3) is 1.00. The Bertz CT molecular complexity index is 207. The average Bonchev–Trinajstić information content (AvgIpc) is 2.18. The second kappa shape index (κ2) is 4.75. The van der Waals surface area contributed by atoms with Crippen molar-refractivity contribution in [3.05, 3.63) is 0 Å². The van der Waals surface area contributed by atoms with Crippen molar-refractivity contribution in [2.45, 2.75) is 63.2 Å². The summed E-state index contributed by atoms with van der Waals surface area (Å²) < 4.78 is 0. The van der Waals surface area contributed by atoms with Gasteiger partial charge in [0.15, 0.2) is 0 Å². The zero-order chi connectivity index (χ0) is 10.9. The standard InChI is InChI=1S/C13H24BrN/c1-3-13(7-5-8-13)10-15-9-4-6-12(14)11(15)2/h11-12H,3-10H2,1-2H3. The quantitative estimate of drug-likeness (QED) is 0.707. The van der Waals surface area contributed by atoms with E-state index in [1.54, 1.807) is 0 Å². The molecule has 0 bridgehead atoms. The van der Waals surface area contributed by atoms with Gasteiger partial charge in [-0.15, -0.1) is 0 Å². The third kappa shape index (κ3) is 2.41. The first-order valence-electron chi connectivity index (χ1n) is 6.55. The second-order valence-corrected chi connectivity index (χ2v) is 6.75. The van der Waals surface area contributed by atoms with Gasteiger partial charge < -0.3 is 0 Å². The van der Waals surface area contributed by atoms with E-state index in [0.717, 1.165) is 10.9 Å². The zero-order valence-electron chi connectivity index (χ0n) is 10.1. The Morgan fingerprint density at radius 1 is 1.33 bits per heavy atom. The summed E-state index contributed by atoms with van der Waals surface area (Å²) >= 11 is 3.82. The molecule has 1 aliphatic carbocycles. The third-order valence-electron chi connectivity index (χ3n) is 4.73. The van der Waals surface area contributed by atoms with Gasteiger partial charge in [-0.25, -0.2) is 0 Å². The molecule has 1 heterocycles. The van der Waals surface area contributed by atoms with E-state index >= 15 is 0 Å². The molecule has 1 saturated heterocycles. The molecule has 0 N–H and O–H groups in total. The number of halogens is 1. The van der Waals surface area contributed by atoms with Crippen LogP contribution in [0.15, 0.2) is 0 Å². The van der Waals surface area contributed by atoms with E-state index in [2.05, 4.69) is 34.7 Å². The van der Waals surface area contributed by atoms with Crippen LogP contribution in [-0.2, 0) is 0 Å². The van der Waals surface area contributed by atoms with Crippen molar-refractivity contribution >= 4 is 15.9 Å². The number of rotatable bonds is 3. The SMILES string of the molecule is CCC1(CN2CCCC(Br)C2C)CCC1. The molecular formula is C13H24BrN. The summed E-state index contributed by atoms with van der Waals surface area (Å²) in [5.74, 6) is 0. The summed E-state index contributed by atoms with van der Waals surface area (Å²) in [4.78, 5) is 3.45. The molecule has 2 heteroatoms. The first-order chi connectivity index (χ1) is 7.17. The van der Waals surface area contributed by atoms with Crippen LogP contribution < -0.4 is 0 Å². The van der Waals surface area contributed by atoms with Gasteiger partial charge in [0.25, 0.3) is 0 Å². The third-order valence-corrected chi connectivity index (χ3v) is 5.95. The molecule has 0 spiro atoms. The van der Waals surface area contributed by atoms with Crippen LogP contribution in [0.4, 0.5) is 0 Å². The molecule has 0 aromatic rings. The van der Waals surface area contributed by atoms with Crippen molar-refractivity contribution < 1.29 is 0 Å². The van der Waals surface area contributed by atoms with Crippen LogP contribution in [0.5, 0.6) is 0 Å². The first kappa shape index (κ1) is 11.9. The highest BCUT2D eigenvalue weighted by atomic mass is 79.9. The Labute approximate surface area is 103 Å². The van der Waals surface area contributed by atoms with Crippen LogP contribution in [0.2, 0.25) is 0 Å². The zero-order valence-corrected chi connectivity index (χ0v) is 11.7. The van der Waals surface area contributed by atoms with Crippen molar-refractivity contribution in [1.29, 1.82) is 0 Å². The first-order valence-corrected chi connectivity index (χ1v) is 7.46. The van der Waals surface area contributed by atoms with Gasteiger partial charge >= 0.3 is 0 Å². The highest BCUT2D eigenvalue weighted by Crippen LogP contribution is 2.45. The van der Waals surface area contributed by atoms with E-state index < -0.39 is 0 Å². The van der Waals surface area contributed by atoms with Crippen LogP contribution in [-0.4, -0.2) is 28.9 Å². The summed E-state index contributed by atoms with van der Waals surface area (Å²) in [6.45, 7) is 7.44. The van der Waals surface area contributed by atoms with Gasteiger partial charge in [-0.2, -0.15) is 0 Å². The van der Waals surface area contributed by atoms with E-state index in [9.17, 15) is 0 Å². The Hall–Kier alpha value is 0.440. The van der Waals surface area contributed by atoms with E-state index in [1.165, 1.54) is 51.6 Å². The van der Waals surface area contributed by atoms with Crippen molar-refractivity contribution in [1.82, 2.24) is 4.90 Å². The molecule has 2 fully saturated rings. The van der Waals surface area contributed by atoms with Crippen LogP contribution >= 0.6 is 15.9 Å². The summed E-state index contributed by atoms with van der Waals surface area (Å²) in [6.07, 6.45) is 8.52. The number of hydrogen-bond donors (Lipinski definition) is 0. The summed E-state index contributed by atoms with van der Waals surface area (Å²) in [6, 6.07) is 0.739. The Morgan fingerprint density at radius 3 is 2.60 bits per heavy atom. The molecule has 0 radical (unpaired) electrons. The Morgan fingerprint density at radius 2 is 2.07 bits per heavy atom. The number of alkyl halides is 1. The van der Waals surface area contributed by atoms with Gasteiger partial charge in [-0.1, -0.05) is 29.3 Å². The lowest BCUT2D eigenvalue weighted by Crippen LogP contribution is -2.50. The predicted octanol–water partition coefficient (Wildman–Crippen LogP) is 3.81. The molecule has 1 aliphatic heterocycles. The lowest BCUT2D eigenvalue weighted by Gasteiger charge is -2.48. The molecule has 2 unspecified atom stereocenters. The van der Waals surface area contributed by atoms with Gasteiger partial charge in [-0.3, -0.25) is 4.90 Å². The molecule has 15 heavy (non-hydrogen) atoms. The molecule has 0 aromatic heterocycles. The van der Waals surface area contributed by atoms with Crippen LogP contribution in [0, 0.1) is 5.41 Å².